The summed E-state index contributed by atoms with van der Waals surface area (Å²) in [5, 5.41) is 34.0. The Bertz CT molecular complexity index is 1270. The van der Waals surface area contributed by atoms with Crippen molar-refractivity contribution in [1.82, 2.24) is 10.6 Å². The number of aromatic hydroxyl groups is 1. The normalized spacial score (nSPS) is 18.9. The Balaban J connectivity index is 1.27. The van der Waals surface area contributed by atoms with Crippen LogP contribution in [0.25, 0.3) is 6.08 Å². The lowest BCUT2D eigenvalue weighted by atomic mass is 10.0. The number of phenolic OH excluding ortho intramolecular Hbond substituents is 1. The molecule has 0 radical (unpaired) electrons. The van der Waals surface area contributed by atoms with Crippen molar-refractivity contribution in [2.45, 2.75) is 25.0 Å². The summed E-state index contributed by atoms with van der Waals surface area (Å²) < 4.78 is 25.2. The van der Waals surface area contributed by atoms with Gasteiger partial charge in [-0.25, -0.2) is 8.42 Å². The molecule has 2 fully saturated rings. The number of nitrogens with zero attached hydrogens (tertiary/aromatic N) is 1. The number of phenols is 1. The second kappa shape index (κ2) is 10.9. The van der Waals surface area contributed by atoms with Gasteiger partial charge in [0.05, 0.1) is 23.0 Å². The van der Waals surface area contributed by atoms with Crippen molar-refractivity contribution in [1.29, 1.82) is 5.41 Å². The fraction of sp³-hybridized carbons (Fsp3) is 0.333. The van der Waals surface area contributed by atoms with Crippen LogP contribution in [-0.2, 0) is 14.8 Å². The number of thioether (sulfide) groups is 1. The summed E-state index contributed by atoms with van der Waals surface area (Å²) in [5.41, 5.74) is 2.54. The van der Waals surface area contributed by atoms with Crippen LogP contribution in [-0.4, -0.2) is 61.6 Å². The van der Waals surface area contributed by atoms with E-state index in [2.05, 4.69) is 20.3 Å². The number of aliphatic hydroxyl groups excluding tert-OH is 1. The van der Waals surface area contributed by atoms with Gasteiger partial charge in [-0.05, 0) is 66.1 Å². The molecule has 192 valence electrons. The molecule has 12 heteroatoms. The van der Waals surface area contributed by atoms with Gasteiger partial charge < -0.3 is 25.7 Å². The maximum Gasteiger partial charge on any atom is 0.264 e. The monoisotopic (exact) mass is 531 g/mol. The summed E-state index contributed by atoms with van der Waals surface area (Å²) in [4.78, 5) is 14.6. The molecule has 2 saturated heterocycles. The second-order valence-electron chi connectivity index (χ2n) is 8.82. The van der Waals surface area contributed by atoms with Crippen LogP contribution in [0, 0.1) is 5.41 Å². The number of hydrogen-bond donors (Lipinski definition) is 6. The van der Waals surface area contributed by atoms with E-state index in [-0.39, 0.29) is 28.6 Å². The minimum absolute atomic E-state index is 0.0364. The molecular weight excluding hydrogens is 502 g/mol. The molecule has 2 aliphatic rings. The molecule has 0 aliphatic carbocycles. The second-order valence-corrected chi connectivity index (χ2v) is 11.6. The standard InChI is InChI=1S/C24H29N5O5S2/c1-36(33,34)28-19-13-16(4-7-20(19)30)21(31)14-26-17-8-10-29(11-9-17)18-5-2-15(3-6-18)12-22-23(32)27-24(25)35-22/h2-7,12-13,17,21,26,28,30-31H,8-11,14H2,1H3,(H2,25,27,32). The number of aliphatic hydroxyl groups is 1. The number of piperidine rings is 1. The van der Waals surface area contributed by atoms with E-state index in [1.165, 1.54) is 12.1 Å². The van der Waals surface area contributed by atoms with Crippen molar-refractivity contribution in [2.75, 3.05) is 35.5 Å². The molecule has 1 atom stereocenters. The number of sulfonamides is 1. The molecule has 4 rings (SSSR count). The SMILES string of the molecule is CS(=O)(=O)Nc1cc(C(O)CNC2CCN(c3ccc(C=C4SC(=N)NC4=O)cc3)CC2)ccc1O. The first-order chi connectivity index (χ1) is 17.1. The molecular formula is C24H29N5O5S2. The molecule has 36 heavy (non-hydrogen) atoms. The third kappa shape index (κ3) is 6.78. The number of anilines is 2. The van der Waals surface area contributed by atoms with Crippen LogP contribution in [0.3, 0.4) is 0 Å². The number of amidine groups is 1. The van der Waals surface area contributed by atoms with Crippen LogP contribution in [0.5, 0.6) is 5.75 Å². The Hall–Kier alpha value is -3.06. The lowest BCUT2D eigenvalue weighted by Crippen LogP contribution is -2.43. The minimum Gasteiger partial charge on any atom is -0.506 e. The fourth-order valence-corrected chi connectivity index (χ4v) is 5.42. The first-order valence-corrected chi connectivity index (χ1v) is 14.1. The number of rotatable bonds is 8. The predicted molar refractivity (Wildman–Crippen MR) is 143 cm³/mol. The molecule has 2 aromatic rings. The van der Waals surface area contributed by atoms with Gasteiger partial charge in [0.15, 0.2) is 5.17 Å². The maximum absolute atomic E-state index is 11.8. The molecule has 10 nitrogen and oxygen atoms in total. The molecule has 1 amide bonds. The summed E-state index contributed by atoms with van der Waals surface area (Å²) in [6.45, 7) is 2.01. The summed E-state index contributed by atoms with van der Waals surface area (Å²) in [6, 6.07) is 12.6. The van der Waals surface area contributed by atoms with E-state index in [1.54, 1.807) is 12.1 Å². The highest BCUT2D eigenvalue weighted by Crippen LogP contribution is 2.29. The van der Waals surface area contributed by atoms with E-state index in [0.717, 1.165) is 55.2 Å². The Morgan fingerprint density at radius 3 is 2.53 bits per heavy atom. The Morgan fingerprint density at radius 2 is 1.92 bits per heavy atom. The molecule has 2 heterocycles. The first kappa shape index (κ1) is 26.0. The lowest BCUT2D eigenvalue weighted by molar-refractivity contribution is -0.115. The van der Waals surface area contributed by atoms with Crippen molar-refractivity contribution < 1.29 is 23.4 Å². The highest BCUT2D eigenvalue weighted by atomic mass is 32.2. The lowest BCUT2D eigenvalue weighted by Gasteiger charge is -2.34. The molecule has 0 spiro atoms. The number of amides is 1. The van der Waals surface area contributed by atoms with E-state index in [1.807, 2.05) is 24.3 Å². The highest BCUT2D eigenvalue weighted by molar-refractivity contribution is 8.18. The largest absolute Gasteiger partial charge is 0.506 e. The smallest absolute Gasteiger partial charge is 0.264 e. The molecule has 6 N–H and O–H groups in total. The van der Waals surface area contributed by atoms with Crippen LogP contribution in [0.4, 0.5) is 11.4 Å². The molecule has 2 aliphatic heterocycles. The Morgan fingerprint density at radius 1 is 1.22 bits per heavy atom. The zero-order valence-electron chi connectivity index (χ0n) is 19.7. The van der Waals surface area contributed by atoms with E-state index in [4.69, 9.17) is 5.41 Å². The van der Waals surface area contributed by atoms with Crippen LogP contribution in [0.1, 0.15) is 30.1 Å². The van der Waals surface area contributed by atoms with Gasteiger partial charge in [0, 0.05) is 31.4 Å². The van der Waals surface area contributed by atoms with Crippen molar-refractivity contribution >= 4 is 50.3 Å². The van der Waals surface area contributed by atoms with Gasteiger partial charge >= 0.3 is 0 Å². The van der Waals surface area contributed by atoms with Gasteiger partial charge in [-0.15, -0.1) is 0 Å². The van der Waals surface area contributed by atoms with Crippen molar-refractivity contribution in [3.8, 4) is 5.75 Å². The van der Waals surface area contributed by atoms with E-state index in [0.29, 0.717) is 17.0 Å². The van der Waals surface area contributed by atoms with Gasteiger partial charge in [0.1, 0.15) is 5.75 Å². The zero-order valence-corrected chi connectivity index (χ0v) is 21.3. The molecule has 2 aromatic carbocycles. The van der Waals surface area contributed by atoms with Crippen LogP contribution in [0.2, 0.25) is 0 Å². The number of carbonyl (C=O) groups is 1. The van der Waals surface area contributed by atoms with E-state index >= 15 is 0 Å². The molecule has 1 unspecified atom stereocenters. The summed E-state index contributed by atoms with van der Waals surface area (Å²) in [6.07, 6.45) is 3.72. The number of carbonyl (C=O) groups excluding carboxylic acids is 1. The van der Waals surface area contributed by atoms with Crippen molar-refractivity contribution in [3.63, 3.8) is 0 Å². The van der Waals surface area contributed by atoms with Crippen LogP contribution in [0.15, 0.2) is 47.4 Å². The van der Waals surface area contributed by atoms with Crippen LogP contribution < -0.4 is 20.3 Å². The van der Waals surface area contributed by atoms with Gasteiger partial charge in [-0.2, -0.15) is 0 Å². The Labute approximate surface area is 214 Å². The van der Waals surface area contributed by atoms with Crippen molar-refractivity contribution in [3.05, 3.63) is 58.5 Å². The third-order valence-corrected chi connectivity index (χ3v) is 7.43. The van der Waals surface area contributed by atoms with Gasteiger partial charge in [0.25, 0.3) is 5.91 Å². The highest BCUT2D eigenvalue weighted by Gasteiger charge is 2.23. The summed E-state index contributed by atoms with van der Waals surface area (Å²) in [7, 11) is -3.55. The number of hydrogen-bond acceptors (Lipinski definition) is 9. The summed E-state index contributed by atoms with van der Waals surface area (Å²) in [5.74, 6) is -0.449. The average Bonchev–Trinajstić information content (AvgIpc) is 3.15. The van der Waals surface area contributed by atoms with E-state index in [9.17, 15) is 23.4 Å². The topological polar surface area (TPSA) is 155 Å². The van der Waals surface area contributed by atoms with E-state index < -0.39 is 16.1 Å². The predicted octanol–water partition coefficient (Wildman–Crippen LogP) is 2.19. The zero-order chi connectivity index (χ0) is 25.9. The van der Waals surface area contributed by atoms with Gasteiger partial charge in [0.2, 0.25) is 10.0 Å². The number of nitrogens with one attached hydrogen (secondary N) is 4. The molecule has 0 bridgehead atoms. The third-order valence-electron chi connectivity index (χ3n) is 6.01. The summed E-state index contributed by atoms with van der Waals surface area (Å²) >= 11 is 1.12. The van der Waals surface area contributed by atoms with Crippen LogP contribution >= 0.6 is 11.8 Å². The first-order valence-electron chi connectivity index (χ1n) is 11.4. The molecule has 0 saturated carbocycles. The quantitative estimate of drug-likeness (QED) is 0.224. The minimum atomic E-state index is -3.55. The Kier molecular flexibility index (Phi) is 7.88. The number of benzene rings is 2. The molecule has 0 aromatic heterocycles. The maximum atomic E-state index is 11.8. The van der Waals surface area contributed by atoms with Crippen molar-refractivity contribution in [2.24, 2.45) is 0 Å². The van der Waals surface area contributed by atoms with Gasteiger partial charge in [-0.3, -0.25) is 14.9 Å². The van der Waals surface area contributed by atoms with Gasteiger partial charge in [-0.1, -0.05) is 18.2 Å². The fourth-order valence-electron chi connectivity index (χ4n) is 4.15. The average molecular weight is 532 g/mol.